The number of fused-ring (bicyclic) bond motifs is 1. The number of benzene rings is 2. The number of phenols is 1. The predicted octanol–water partition coefficient (Wildman–Crippen LogP) is 2.02. The van der Waals surface area contributed by atoms with Crippen molar-refractivity contribution >= 4 is 16.7 Å². The molecule has 18 heavy (non-hydrogen) atoms. The molecule has 2 rings (SSSR count). The van der Waals surface area contributed by atoms with Gasteiger partial charge in [0.05, 0.1) is 0 Å². The van der Waals surface area contributed by atoms with E-state index in [0.717, 1.165) is 0 Å². The lowest BCUT2D eigenvalue weighted by Crippen LogP contribution is -2.08. The predicted molar refractivity (Wildman–Crippen MR) is 63.3 cm³/mol. The molecule has 0 saturated carbocycles. The highest BCUT2D eigenvalue weighted by Crippen LogP contribution is 2.30. The van der Waals surface area contributed by atoms with Crippen LogP contribution in [0.5, 0.6) is 5.75 Å². The first-order chi connectivity index (χ1) is 8.50. The Bertz CT molecular complexity index is 650. The Morgan fingerprint density at radius 1 is 1.33 bits per heavy atom. The van der Waals surface area contributed by atoms with Crippen LogP contribution in [0.3, 0.4) is 0 Å². The van der Waals surface area contributed by atoms with Crippen LogP contribution in [-0.4, -0.2) is 21.1 Å². The zero-order valence-corrected chi connectivity index (χ0v) is 9.16. The number of aromatic hydroxyl groups is 1. The van der Waals surface area contributed by atoms with Crippen LogP contribution >= 0.6 is 0 Å². The molecule has 0 aliphatic carbocycles. The summed E-state index contributed by atoms with van der Waals surface area (Å²) in [4.78, 5) is 21.1. The first-order valence-corrected chi connectivity index (χ1v) is 5.09. The van der Waals surface area contributed by atoms with E-state index >= 15 is 0 Å². The highest BCUT2D eigenvalue weighted by atomic mass is 16.6. The first kappa shape index (κ1) is 11.8. The van der Waals surface area contributed by atoms with Gasteiger partial charge in [-0.3, -0.25) is 10.1 Å². The maximum Gasteiger partial charge on any atom is 0.340 e. The quantitative estimate of drug-likeness (QED) is 0.638. The van der Waals surface area contributed by atoms with Crippen molar-refractivity contribution in [2.24, 2.45) is 0 Å². The van der Waals surface area contributed by atoms with Gasteiger partial charge in [-0.05, 0) is 16.8 Å². The third-order valence-corrected chi connectivity index (χ3v) is 2.64. The minimum atomic E-state index is -1.38. The largest absolute Gasteiger partial charge is 0.507 e. The number of rotatable bonds is 3. The molecule has 0 saturated heterocycles. The summed E-state index contributed by atoms with van der Waals surface area (Å²) in [5.74, 6) is -1.84. The van der Waals surface area contributed by atoms with Crippen molar-refractivity contribution in [3.05, 3.63) is 51.6 Å². The Morgan fingerprint density at radius 3 is 2.61 bits per heavy atom. The van der Waals surface area contributed by atoms with Crippen LogP contribution in [0.25, 0.3) is 10.8 Å². The van der Waals surface area contributed by atoms with Gasteiger partial charge in [0.2, 0.25) is 6.54 Å². The van der Waals surface area contributed by atoms with Gasteiger partial charge in [0.15, 0.2) is 0 Å². The molecule has 0 atom stereocenters. The second-order valence-electron chi connectivity index (χ2n) is 3.77. The Balaban J connectivity index is 2.84. The summed E-state index contributed by atoms with van der Waals surface area (Å²) in [7, 11) is 0. The van der Waals surface area contributed by atoms with Crippen molar-refractivity contribution in [2.45, 2.75) is 6.54 Å². The fraction of sp³-hybridized carbons (Fsp3) is 0.0833. The number of carboxylic acids is 1. The number of hydrogen-bond acceptors (Lipinski definition) is 4. The van der Waals surface area contributed by atoms with Crippen LogP contribution in [0.4, 0.5) is 0 Å². The summed E-state index contributed by atoms with van der Waals surface area (Å²) in [5.41, 5.74) is -0.395. The SMILES string of the molecule is O=C(O)c1c(O)cc2ccccc2c1C[N+](=O)[O-]. The fourth-order valence-electron chi connectivity index (χ4n) is 1.94. The van der Waals surface area contributed by atoms with Crippen molar-refractivity contribution in [1.82, 2.24) is 0 Å². The Labute approximate surface area is 101 Å². The van der Waals surface area contributed by atoms with Gasteiger partial charge in [-0.25, -0.2) is 4.79 Å². The summed E-state index contributed by atoms with van der Waals surface area (Å²) < 4.78 is 0. The van der Waals surface area contributed by atoms with E-state index in [1.807, 2.05) is 0 Å². The van der Waals surface area contributed by atoms with E-state index in [2.05, 4.69) is 0 Å². The van der Waals surface area contributed by atoms with Crippen molar-refractivity contribution in [2.75, 3.05) is 0 Å². The van der Waals surface area contributed by atoms with Crippen molar-refractivity contribution < 1.29 is 19.9 Å². The summed E-state index contributed by atoms with van der Waals surface area (Å²) in [6.45, 7) is -0.642. The van der Waals surface area contributed by atoms with Crippen LogP contribution in [-0.2, 0) is 6.54 Å². The maximum absolute atomic E-state index is 11.1. The molecule has 0 radical (unpaired) electrons. The molecule has 0 amide bonds. The molecule has 0 fully saturated rings. The minimum Gasteiger partial charge on any atom is -0.507 e. The van der Waals surface area contributed by atoms with E-state index < -0.39 is 28.8 Å². The van der Waals surface area contributed by atoms with Crippen LogP contribution in [0, 0.1) is 10.1 Å². The van der Waals surface area contributed by atoms with E-state index in [1.165, 1.54) is 6.07 Å². The normalized spacial score (nSPS) is 10.4. The minimum absolute atomic E-state index is 0.0168. The van der Waals surface area contributed by atoms with Crippen LogP contribution in [0.15, 0.2) is 30.3 Å². The fourth-order valence-corrected chi connectivity index (χ4v) is 1.94. The van der Waals surface area contributed by atoms with Gasteiger partial charge in [-0.1, -0.05) is 24.3 Å². The molecule has 6 heteroatoms. The van der Waals surface area contributed by atoms with E-state index in [9.17, 15) is 20.0 Å². The molecule has 0 spiro atoms. The monoisotopic (exact) mass is 247 g/mol. The van der Waals surface area contributed by atoms with Gasteiger partial charge in [0.1, 0.15) is 11.3 Å². The van der Waals surface area contributed by atoms with Gasteiger partial charge < -0.3 is 10.2 Å². The topological polar surface area (TPSA) is 101 Å². The summed E-state index contributed by atoms with van der Waals surface area (Å²) in [6, 6.07) is 7.92. The third-order valence-electron chi connectivity index (χ3n) is 2.64. The summed E-state index contributed by atoms with van der Waals surface area (Å²) in [6.07, 6.45) is 0. The average molecular weight is 247 g/mol. The molecule has 0 unspecified atom stereocenters. The Hall–Kier alpha value is -2.63. The standard InChI is InChI=1S/C12H9NO5/c14-10-5-7-3-1-2-4-8(7)9(6-13(17)18)11(10)12(15)16/h1-5,14H,6H2,(H,15,16). The van der Waals surface area contributed by atoms with Gasteiger partial charge in [0, 0.05) is 10.5 Å². The zero-order chi connectivity index (χ0) is 13.3. The number of carboxylic acid groups (broad SMARTS) is 1. The van der Waals surface area contributed by atoms with Gasteiger partial charge in [-0.2, -0.15) is 0 Å². The third kappa shape index (κ3) is 1.95. The van der Waals surface area contributed by atoms with Crippen molar-refractivity contribution in [3.8, 4) is 5.75 Å². The Kier molecular flexibility index (Phi) is 2.85. The van der Waals surface area contributed by atoms with E-state index in [0.29, 0.717) is 10.8 Å². The van der Waals surface area contributed by atoms with E-state index in [4.69, 9.17) is 5.11 Å². The molecular weight excluding hydrogens is 238 g/mol. The number of carbonyl (C=O) groups is 1. The Morgan fingerprint density at radius 2 is 2.00 bits per heavy atom. The molecular formula is C12H9NO5. The second kappa shape index (κ2) is 4.33. The molecule has 2 aromatic rings. The molecule has 0 bridgehead atoms. The van der Waals surface area contributed by atoms with Gasteiger partial charge in [-0.15, -0.1) is 0 Å². The first-order valence-electron chi connectivity index (χ1n) is 5.09. The zero-order valence-electron chi connectivity index (χ0n) is 9.16. The average Bonchev–Trinajstić information content (AvgIpc) is 2.27. The van der Waals surface area contributed by atoms with Crippen molar-refractivity contribution in [3.63, 3.8) is 0 Å². The number of hydrogen-bond donors (Lipinski definition) is 2. The molecule has 6 nitrogen and oxygen atoms in total. The molecule has 0 heterocycles. The lowest BCUT2D eigenvalue weighted by molar-refractivity contribution is -0.496. The molecule has 0 aliphatic heterocycles. The van der Waals surface area contributed by atoms with Crippen LogP contribution in [0.1, 0.15) is 15.9 Å². The summed E-state index contributed by atoms with van der Waals surface area (Å²) in [5, 5.41) is 30.4. The molecule has 2 N–H and O–H groups in total. The smallest absolute Gasteiger partial charge is 0.340 e. The molecule has 2 aromatic carbocycles. The van der Waals surface area contributed by atoms with Gasteiger partial charge in [0.25, 0.3) is 0 Å². The van der Waals surface area contributed by atoms with Crippen LogP contribution in [0.2, 0.25) is 0 Å². The highest BCUT2D eigenvalue weighted by Gasteiger charge is 2.21. The number of nitro groups is 1. The van der Waals surface area contributed by atoms with Gasteiger partial charge >= 0.3 is 5.97 Å². The van der Waals surface area contributed by atoms with Crippen LogP contribution < -0.4 is 0 Å². The second-order valence-corrected chi connectivity index (χ2v) is 3.77. The lowest BCUT2D eigenvalue weighted by Gasteiger charge is -2.09. The summed E-state index contributed by atoms with van der Waals surface area (Å²) >= 11 is 0. The van der Waals surface area contributed by atoms with E-state index in [1.54, 1.807) is 24.3 Å². The maximum atomic E-state index is 11.1. The van der Waals surface area contributed by atoms with E-state index in [-0.39, 0.29) is 5.56 Å². The molecule has 0 aliphatic rings. The lowest BCUT2D eigenvalue weighted by atomic mass is 9.98. The highest BCUT2D eigenvalue weighted by molar-refractivity contribution is 6.00. The molecule has 0 aromatic heterocycles. The van der Waals surface area contributed by atoms with Crippen molar-refractivity contribution in [1.29, 1.82) is 0 Å². The number of nitrogens with zero attached hydrogens (tertiary/aromatic N) is 1. The number of aromatic carboxylic acids is 1. The molecule has 92 valence electrons.